The fraction of sp³-hybridized carbons (Fsp3) is 0.500. The molecule has 112 valence electrons. The van der Waals surface area contributed by atoms with Crippen LogP contribution in [0.5, 0.6) is 0 Å². The lowest BCUT2D eigenvalue weighted by Crippen LogP contribution is -2.38. The molecule has 6 heteroatoms. The van der Waals surface area contributed by atoms with Gasteiger partial charge in [-0.2, -0.15) is 4.31 Å². The minimum Gasteiger partial charge on any atom is -0.389 e. The molecule has 0 saturated heterocycles. The molecule has 1 aromatic rings. The van der Waals surface area contributed by atoms with Crippen LogP contribution < -0.4 is 5.73 Å². The standard InChI is InChI=1S/C14H22N2O2S2/c1-4-11(3)16(5-2)20(17,18)10-12-7-6-8-13(9-12)14(15)19/h6-9,11H,4-5,10H2,1-3H3,(H2,15,19). The topological polar surface area (TPSA) is 63.4 Å². The number of rotatable bonds is 7. The second kappa shape index (κ2) is 7.15. The van der Waals surface area contributed by atoms with E-state index in [1.54, 1.807) is 28.6 Å². The smallest absolute Gasteiger partial charge is 0.218 e. The predicted octanol–water partition coefficient (Wildman–Crippen LogP) is 2.27. The molecular weight excluding hydrogens is 292 g/mol. The maximum atomic E-state index is 12.5. The van der Waals surface area contributed by atoms with Crippen molar-refractivity contribution in [3.8, 4) is 0 Å². The monoisotopic (exact) mass is 314 g/mol. The molecule has 1 aromatic carbocycles. The highest BCUT2D eigenvalue weighted by atomic mass is 32.2. The number of hydrogen-bond acceptors (Lipinski definition) is 3. The van der Waals surface area contributed by atoms with Crippen molar-refractivity contribution in [1.82, 2.24) is 4.31 Å². The molecule has 0 aliphatic rings. The first-order chi connectivity index (χ1) is 9.31. The SMILES string of the molecule is CCC(C)N(CC)S(=O)(=O)Cc1cccc(C(N)=S)c1. The lowest BCUT2D eigenvalue weighted by atomic mass is 10.1. The lowest BCUT2D eigenvalue weighted by molar-refractivity contribution is 0.342. The summed E-state index contributed by atoms with van der Waals surface area (Å²) in [6.07, 6.45) is 0.792. The fourth-order valence-electron chi connectivity index (χ4n) is 2.09. The van der Waals surface area contributed by atoms with Gasteiger partial charge in [0.2, 0.25) is 10.0 Å². The van der Waals surface area contributed by atoms with Gasteiger partial charge in [-0.3, -0.25) is 0 Å². The van der Waals surface area contributed by atoms with Crippen molar-refractivity contribution >= 4 is 27.2 Å². The lowest BCUT2D eigenvalue weighted by Gasteiger charge is -2.26. The van der Waals surface area contributed by atoms with Gasteiger partial charge in [-0.25, -0.2) is 8.42 Å². The minimum absolute atomic E-state index is 0.00349. The fourth-order valence-corrected chi connectivity index (χ4v) is 4.08. The quantitative estimate of drug-likeness (QED) is 0.784. The van der Waals surface area contributed by atoms with E-state index in [0.29, 0.717) is 17.7 Å². The van der Waals surface area contributed by atoms with Crippen molar-refractivity contribution < 1.29 is 8.42 Å². The Hall–Kier alpha value is -0.980. The second-order valence-corrected chi connectivity index (χ2v) is 7.14. The molecular formula is C14H22N2O2S2. The minimum atomic E-state index is -3.33. The summed E-state index contributed by atoms with van der Waals surface area (Å²) < 4.78 is 26.5. The summed E-state index contributed by atoms with van der Waals surface area (Å²) >= 11 is 4.92. The third kappa shape index (κ3) is 4.26. The molecule has 0 amide bonds. The van der Waals surface area contributed by atoms with E-state index in [0.717, 1.165) is 6.42 Å². The van der Waals surface area contributed by atoms with Crippen LogP contribution in [-0.4, -0.2) is 30.3 Å². The van der Waals surface area contributed by atoms with Crippen molar-refractivity contribution in [1.29, 1.82) is 0 Å². The predicted molar refractivity (Wildman–Crippen MR) is 87.1 cm³/mol. The normalized spacial score (nSPS) is 13.4. The van der Waals surface area contributed by atoms with Gasteiger partial charge in [0.25, 0.3) is 0 Å². The molecule has 0 aliphatic carbocycles. The summed E-state index contributed by atoms with van der Waals surface area (Å²) in [5, 5.41) is 0. The molecule has 0 aromatic heterocycles. The zero-order chi connectivity index (χ0) is 15.3. The summed E-state index contributed by atoms with van der Waals surface area (Å²) in [6, 6.07) is 7.08. The van der Waals surface area contributed by atoms with Gasteiger partial charge in [0.15, 0.2) is 0 Å². The first kappa shape index (κ1) is 17.1. The molecule has 1 atom stereocenters. The van der Waals surface area contributed by atoms with Gasteiger partial charge in [0.05, 0.1) is 5.75 Å². The van der Waals surface area contributed by atoms with E-state index < -0.39 is 10.0 Å². The van der Waals surface area contributed by atoms with Crippen molar-refractivity contribution in [2.75, 3.05) is 6.54 Å². The van der Waals surface area contributed by atoms with Crippen LogP contribution in [0.1, 0.15) is 38.3 Å². The van der Waals surface area contributed by atoms with E-state index in [1.165, 1.54) is 0 Å². The Bertz CT molecular complexity index is 570. The van der Waals surface area contributed by atoms with Gasteiger partial charge in [0, 0.05) is 18.2 Å². The third-order valence-electron chi connectivity index (χ3n) is 3.31. The summed E-state index contributed by atoms with van der Waals surface area (Å²) in [6.45, 7) is 6.24. The van der Waals surface area contributed by atoms with Crippen LogP contribution in [0, 0.1) is 0 Å². The third-order valence-corrected chi connectivity index (χ3v) is 5.58. The maximum absolute atomic E-state index is 12.5. The van der Waals surface area contributed by atoms with Crippen LogP contribution >= 0.6 is 12.2 Å². The van der Waals surface area contributed by atoms with E-state index in [-0.39, 0.29) is 16.8 Å². The summed E-state index contributed by atoms with van der Waals surface area (Å²) in [5.74, 6) is -0.0262. The van der Waals surface area contributed by atoms with Gasteiger partial charge in [-0.15, -0.1) is 0 Å². The Morgan fingerprint density at radius 3 is 2.55 bits per heavy atom. The number of nitrogens with zero attached hydrogens (tertiary/aromatic N) is 1. The van der Waals surface area contributed by atoms with Gasteiger partial charge in [0.1, 0.15) is 4.99 Å². The van der Waals surface area contributed by atoms with Crippen LogP contribution in [0.25, 0.3) is 0 Å². The van der Waals surface area contributed by atoms with Gasteiger partial charge in [-0.1, -0.05) is 44.3 Å². The largest absolute Gasteiger partial charge is 0.389 e. The summed E-state index contributed by atoms with van der Waals surface area (Å²) in [5.41, 5.74) is 6.97. The summed E-state index contributed by atoms with van der Waals surface area (Å²) in [7, 11) is -3.33. The van der Waals surface area contributed by atoms with Crippen LogP contribution in [-0.2, 0) is 15.8 Å². The molecule has 0 spiro atoms. The first-order valence-electron chi connectivity index (χ1n) is 6.70. The molecule has 0 aliphatic heterocycles. The van der Waals surface area contributed by atoms with Crippen molar-refractivity contribution in [2.45, 2.75) is 39.0 Å². The Morgan fingerprint density at radius 1 is 1.40 bits per heavy atom. The molecule has 4 nitrogen and oxygen atoms in total. The van der Waals surface area contributed by atoms with Crippen LogP contribution in [0.2, 0.25) is 0 Å². The van der Waals surface area contributed by atoms with Crippen LogP contribution in [0.3, 0.4) is 0 Å². The number of benzene rings is 1. The van der Waals surface area contributed by atoms with E-state index in [2.05, 4.69) is 0 Å². The van der Waals surface area contributed by atoms with E-state index in [4.69, 9.17) is 18.0 Å². The van der Waals surface area contributed by atoms with Crippen molar-refractivity contribution in [2.24, 2.45) is 5.73 Å². The Kier molecular flexibility index (Phi) is 6.10. The van der Waals surface area contributed by atoms with Crippen LogP contribution in [0.15, 0.2) is 24.3 Å². The Morgan fingerprint density at radius 2 is 2.05 bits per heavy atom. The average Bonchev–Trinajstić information content (AvgIpc) is 2.38. The molecule has 0 heterocycles. The highest BCUT2D eigenvalue weighted by Gasteiger charge is 2.25. The molecule has 1 unspecified atom stereocenters. The molecule has 0 fully saturated rings. The Balaban J connectivity index is 3.01. The zero-order valence-corrected chi connectivity index (χ0v) is 13.8. The van der Waals surface area contributed by atoms with E-state index >= 15 is 0 Å². The number of hydrogen-bond donors (Lipinski definition) is 1. The first-order valence-corrected chi connectivity index (χ1v) is 8.71. The van der Waals surface area contributed by atoms with Crippen LogP contribution in [0.4, 0.5) is 0 Å². The van der Waals surface area contributed by atoms with Gasteiger partial charge in [-0.05, 0) is 25.0 Å². The van der Waals surface area contributed by atoms with Gasteiger partial charge < -0.3 is 5.73 Å². The molecule has 2 N–H and O–H groups in total. The molecule has 0 bridgehead atoms. The van der Waals surface area contributed by atoms with Crippen molar-refractivity contribution in [3.63, 3.8) is 0 Å². The maximum Gasteiger partial charge on any atom is 0.218 e. The van der Waals surface area contributed by atoms with Gasteiger partial charge >= 0.3 is 0 Å². The number of thiocarbonyl (C=S) groups is 1. The van der Waals surface area contributed by atoms with Crippen molar-refractivity contribution in [3.05, 3.63) is 35.4 Å². The number of nitrogens with two attached hydrogens (primary N) is 1. The molecule has 1 rings (SSSR count). The zero-order valence-electron chi connectivity index (χ0n) is 12.2. The second-order valence-electron chi connectivity index (χ2n) is 4.78. The summed E-state index contributed by atoms with van der Waals surface area (Å²) in [4.78, 5) is 0.276. The highest BCUT2D eigenvalue weighted by Crippen LogP contribution is 2.16. The Labute approximate surface area is 127 Å². The molecule has 0 radical (unpaired) electrons. The van der Waals surface area contributed by atoms with E-state index in [1.807, 2.05) is 20.8 Å². The molecule has 20 heavy (non-hydrogen) atoms. The number of sulfonamides is 1. The highest BCUT2D eigenvalue weighted by molar-refractivity contribution is 7.88. The van der Waals surface area contributed by atoms with E-state index in [9.17, 15) is 8.42 Å². The average molecular weight is 314 g/mol. The molecule has 0 saturated carbocycles.